The molecule has 1 atom stereocenters. The van der Waals surface area contributed by atoms with Gasteiger partial charge in [-0.05, 0) is 31.9 Å². The molecule has 0 aromatic carbocycles. The number of pyridine rings is 1. The van der Waals surface area contributed by atoms with Crippen LogP contribution < -0.4 is 0 Å². The average molecular weight is 256 g/mol. The van der Waals surface area contributed by atoms with Crippen molar-refractivity contribution in [3.63, 3.8) is 0 Å². The Hall–Kier alpha value is -1.05. The molecule has 1 aromatic heterocycles. The van der Waals surface area contributed by atoms with Crippen LogP contribution in [0.2, 0.25) is 0 Å². The Labute approximate surface area is 106 Å². The number of nitrogens with zero attached hydrogens (tertiary/aromatic N) is 2. The second-order valence-corrected chi connectivity index (χ2v) is 4.80. The molecule has 0 aliphatic carbocycles. The van der Waals surface area contributed by atoms with Gasteiger partial charge < -0.3 is 20.4 Å². The number of β-amino-alcohol motifs (C(OH)–C–C–N with tert-alkyl or cyclic N) is 1. The third-order valence-electron chi connectivity index (χ3n) is 2.69. The Morgan fingerprint density at radius 3 is 2.28 bits per heavy atom. The molecule has 1 aliphatic heterocycles. The molecule has 6 nitrogen and oxygen atoms in total. The molecule has 2 heterocycles. The predicted molar refractivity (Wildman–Crippen MR) is 65.2 cm³/mol. The van der Waals surface area contributed by atoms with Crippen LogP contribution in [-0.2, 0) is 0 Å². The lowest BCUT2D eigenvalue weighted by Crippen LogP contribution is -2.48. The molecule has 1 aliphatic rings. The fourth-order valence-corrected chi connectivity index (χ4v) is 1.65. The van der Waals surface area contributed by atoms with Gasteiger partial charge in [-0.2, -0.15) is 0 Å². The lowest BCUT2D eigenvalue weighted by molar-refractivity contribution is -0.390. The van der Waals surface area contributed by atoms with Gasteiger partial charge in [0, 0.05) is 25.5 Å². The van der Waals surface area contributed by atoms with Crippen LogP contribution in [0.1, 0.15) is 18.9 Å². The molecule has 0 amide bonds. The summed E-state index contributed by atoms with van der Waals surface area (Å²) in [6.45, 7) is 3.94. The zero-order valence-electron chi connectivity index (χ0n) is 10.6. The minimum Gasteiger partial charge on any atom is -0.389 e. The number of hydrogen-bond donors (Lipinski definition) is 4. The molecule has 4 N–H and O–H groups in total. The van der Waals surface area contributed by atoms with E-state index in [0.717, 1.165) is 4.90 Å². The first-order valence-corrected chi connectivity index (χ1v) is 5.72. The highest BCUT2D eigenvalue weighted by molar-refractivity contribution is 5.04. The molecule has 18 heavy (non-hydrogen) atoms. The summed E-state index contributed by atoms with van der Waals surface area (Å²) in [5, 5.41) is 35.4. The Morgan fingerprint density at radius 2 is 2.06 bits per heavy atom. The summed E-state index contributed by atoms with van der Waals surface area (Å²) in [7, 11) is 0. The smallest absolute Gasteiger partial charge is 0.345 e. The van der Waals surface area contributed by atoms with Crippen molar-refractivity contribution in [3.05, 3.63) is 30.1 Å². The highest BCUT2D eigenvalue weighted by atomic mass is 16.7. The molecule has 102 valence electrons. The standard InChI is InChI=1S/C6H13NO4.C6H7N/c1-5(8)2-3-7(4-5)6(9,10)11;1-6-3-2-4-7-5-6/h8-11H,2-4H2,1H3;2-5H,1H3. The van der Waals surface area contributed by atoms with Crippen molar-refractivity contribution in [1.82, 2.24) is 9.88 Å². The van der Waals surface area contributed by atoms with Crippen LogP contribution in [0, 0.1) is 6.92 Å². The van der Waals surface area contributed by atoms with Crippen LogP contribution in [-0.4, -0.2) is 55.1 Å². The van der Waals surface area contributed by atoms with E-state index in [0.29, 0.717) is 6.42 Å². The molecule has 0 bridgehead atoms. The zero-order valence-corrected chi connectivity index (χ0v) is 10.6. The molecule has 2 rings (SSSR count). The van der Waals surface area contributed by atoms with Crippen LogP contribution in [0.15, 0.2) is 24.5 Å². The van der Waals surface area contributed by atoms with Crippen molar-refractivity contribution in [1.29, 1.82) is 0 Å². The Balaban J connectivity index is 0.000000199. The van der Waals surface area contributed by atoms with E-state index in [4.69, 9.17) is 15.3 Å². The largest absolute Gasteiger partial charge is 0.389 e. The quantitative estimate of drug-likeness (QED) is 0.502. The minimum absolute atomic E-state index is 0.0660. The van der Waals surface area contributed by atoms with Crippen molar-refractivity contribution in [3.8, 4) is 0 Å². The van der Waals surface area contributed by atoms with Gasteiger partial charge in [0.25, 0.3) is 0 Å². The molecule has 1 saturated heterocycles. The van der Waals surface area contributed by atoms with E-state index in [1.165, 1.54) is 5.56 Å². The lowest BCUT2D eigenvalue weighted by atomic mass is 10.1. The number of aliphatic hydroxyl groups is 4. The number of aryl methyl sites for hydroxylation is 1. The third kappa shape index (κ3) is 5.07. The van der Waals surface area contributed by atoms with Gasteiger partial charge in [-0.3, -0.25) is 4.98 Å². The van der Waals surface area contributed by atoms with Gasteiger partial charge in [0.1, 0.15) is 0 Å². The third-order valence-corrected chi connectivity index (χ3v) is 2.69. The number of hydrogen-bond acceptors (Lipinski definition) is 6. The number of likely N-dealkylation sites (tertiary alicyclic amines) is 1. The van der Waals surface area contributed by atoms with Gasteiger partial charge in [0.2, 0.25) is 0 Å². The fraction of sp³-hybridized carbons (Fsp3) is 0.583. The monoisotopic (exact) mass is 256 g/mol. The molecular weight excluding hydrogens is 236 g/mol. The molecule has 6 heteroatoms. The van der Waals surface area contributed by atoms with Gasteiger partial charge in [0.15, 0.2) is 0 Å². The molecule has 1 unspecified atom stereocenters. The molecule has 1 aromatic rings. The van der Waals surface area contributed by atoms with E-state index < -0.39 is 11.7 Å². The average Bonchev–Trinajstić information content (AvgIpc) is 2.60. The zero-order chi connectivity index (χ0) is 13.8. The summed E-state index contributed by atoms with van der Waals surface area (Å²) < 4.78 is 0. The van der Waals surface area contributed by atoms with Crippen molar-refractivity contribution < 1.29 is 20.4 Å². The van der Waals surface area contributed by atoms with E-state index in [2.05, 4.69) is 4.98 Å². The maximum Gasteiger partial charge on any atom is 0.345 e. The summed E-state index contributed by atoms with van der Waals surface area (Å²) in [5.74, 6) is 0. The van der Waals surface area contributed by atoms with Crippen LogP contribution >= 0.6 is 0 Å². The SMILES string of the molecule is CC1(O)CCN(C(O)(O)O)C1.Cc1cccnc1. The summed E-state index contributed by atoms with van der Waals surface area (Å²) in [6.07, 6.45) is 1.24. The Morgan fingerprint density at radius 1 is 1.39 bits per heavy atom. The molecular formula is C12H20N2O4. The van der Waals surface area contributed by atoms with E-state index in [9.17, 15) is 5.11 Å². The first kappa shape index (κ1) is 15.0. The van der Waals surface area contributed by atoms with Gasteiger partial charge in [-0.15, -0.1) is 0 Å². The molecule has 1 fully saturated rings. The van der Waals surface area contributed by atoms with Crippen LogP contribution in [0.4, 0.5) is 0 Å². The van der Waals surface area contributed by atoms with Crippen molar-refractivity contribution in [2.24, 2.45) is 0 Å². The summed E-state index contributed by atoms with van der Waals surface area (Å²) in [5.41, 5.74) is 0.280. The predicted octanol–water partition coefficient (Wildman–Crippen LogP) is -0.579. The highest BCUT2D eigenvalue weighted by Crippen LogP contribution is 2.23. The summed E-state index contributed by atoms with van der Waals surface area (Å²) in [4.78, 5) is 4.88. The maximum absolute atomic E-state index is 9.35. The van der Waals surface area contributed by atoms with Crippen molar-refractivity contribution in [2.45, 2.75) is 32.0 Å². The van der Waals surface area contributed by atoms with E-state index in [1.54, 1.807) is 13.1 Å². The van der Waals surface area contributed by atoms with Crippen molar-refractivity contribution >= 4 is 0 Å². The number of aromatic nitrogens is 1. The van der Waals surface area contributed by atoms with Gasteiger partial charge >= 0.3 is 6.10 Å². The Bertz CT molecular complexity index is 362. The van der Waals surface area contributed by atoms with E-state index in [1.807, 2.05) is 25.3 Å². The molecule has 0 spiro atoms. The second kappa shape index (κ2) is 5.73. The summed E-state index contributed by atoms with van der Waals surface area (Å²) in [6, 6.07) is 3.95. The number of rotatable bonds is 1. The van der Waals surface area contributed by atoms with Crippen molar-refractivity contribution in [2.75, 3.05) is 13.1 Å². The topological polar surface area (TPSA) is 97.1 Å². The maximum atomic E-state index is 9.35. The van der Waals surface area contributed by atoms with Gasteiger partial charge in [0.05, 0.1) is 5.60 Å². The van der Waals surface area contributed by atoms with Crippen LogP contribution in [0.5, 0.6) is 0 Å². The first-order valence-electron chi connectivity index (χ1n) is 5.72. The lowest BCUT2D eigenvalue weighted by Gasteiger charge is -2.26. The molecule has 0 radical (unpaired) electrons. The van der Waals surface area contributed by atoms with Crippen LogP contribution in [0.3, 0.4) is 0 Å². The van der Waals surface area contributed by atoms with E-state index >= 15 is 0 Å². The normalized spacial score (nSPS) is 24.6. The first-order chi connectivity index (χ1) is 8.21. The van der Waals surface area contributed by atoms with Crippen LogP contribution in [0.25, 0.3) is 0 Å². The minimum atomic E-state index is -2.79. The second-order valence-electron chi connectivity index (χ2n) is 4.80. The van der Waals surface area contributed by atoms with Gasteiger partial charge in [-0.25, -0.2) is 4.90 Å². The molecule has 0 saturated carbocycles. The fourth-order valence-electron chi connectivity index (χ4n) is 1.65. The van der Waals surface area contributed by atoms with Gasteiger partial charge in [-0.1, -0.05) is 6.07 Å². The Kier molecular flexibility index (Phi) is 4.78. The van der Waals surface area contributed by atoms with E-state index in [-0.39, 0.29) is 13.1 Å². The summed E-state index contributed by atoms with van der Waals surface area (Å²) >= 11 is 0. The highest BCUT2D eigenvalue weighted by Gasteiger charge is 2.40.